The van der Waals surface area contributed by atoms with Gasteiger partial charge in [-0.15, -0.1) is 0 Å². The van der Waals surface area contributed by atoms with E-state index < -0.39 is 19.8 Å². The zero-order valence-corrected chi connectivity index (χ0v) is 10.5. The Kier molecular flexibility index (Phi) is 3.96. The van der Waals surface area contributed by atoms with E-state index in [1.165, 1.54) is 12.3 Å². The average Bonchev–Trinajstić information content (AvgIpc) is 2.24. The van der Waals surface area contributed by atoms with E-state index in [4.69, 9.17) is 0 Å². The molecule has 0 fully saturated rings. The number of rotatable bonds is 4. The molecule has 1 nitrogen and oxygen atoms in total. The van der Waals surface area contributed by atoms with Gasteiger partial charge in [0.15, 0.2) is 0 Å². The van der Waals surface area contributed by atoms with E-state index in [2.05, 4.69) is 4.98 Å². The molecule has 0 bridgehead atoms. The Labute approximate surface area is 90.6 Å². The van der Waals surface area contributed by atoms with Gasteiger partial charge in [-0.2, -0.15) is 4.39 Å². The molecular weight excluding hydrogens is 212 g/mol. The monoisotopic (exact) mass is 229 g/mol. The maximum absolute atomic E-state index is 13.7. The molecular formula is C11H17F2NSi. The first kappa shape index (κ1) is 12.3. The van der Waals surface area contributed by atoms with Crippen molar-refractivity contribution in [3.8, 4) is 0 Å². The molecule has 0 aromatic carbocycles. The van der Waals surface area contributed by atoms with Gasteiger partial charge in [0.05, 0.1) is 8.07 Å². The number of halogens is 2. The van der Waals surface area contributed by atoms with Crippen LogP contribution in [0.25, 0.3) is 0 Å². The van der Waals surface area contributed by atoms with Gasteiger partial charge in [-0.3, -0.25) is 0 Å². The fourth-order valence-corrected chi connectivity index (χ4v) is 5.82. The predicted octanol–water partition coefficient (Wildman–Crippen LogP) is 3.08. The van der Waals surface area contributed by atoms with Crippen LogP contribution in [0.5, 0.6) is 0 Å². The molecule has 15 heavy (non-hydrogen) atoms. The highest BCUT2D eigenvalue weighted by molar-refractivity contribution is 6.91. The van der Waals surface area contributed by atoms with Crippen LogP contribution >= 0.6 is 0 Å². The summed E-state index contributed by atoms with van der Waals surface area (Å²) in [5, 5.41) is 0.289. The van der Waals surface area contributed by atoms with Crippen molar-refractivity contribution in [3.63, 3.8) is 0 Å². The van der Waals surface area contributed by atoms with Gasteiger partial charge in [-0.05, 0) is 6.07 Å². The van der Waals surface area contributed by atoms with E-state index in [1.807, 2.05) is 20.8 Å². The summed E-state index contributed by atoms with van der Waals surface area (Å²) in [6, 6.07) is 3.85. The Morgan fingerprint density at radius 3 is 2.07 bits per heavy atom. The average molecular weight is 229 g/mol. The van der Waals surface area contributed by atoms with E-state index in [0.717, 1.165) is 18.1 Å². The topological polar surface area (TPSA) is 12.9 Å². The molecule has 0 amide bonds. The highest BCUT2D eigenvalue weighted by Crippen LogP contribution is 2.22. The molecule has 0 radical (unpaired) electrons. The molecule has 0 unspecified atom stereocenters. The van der Waals surface area contributed by atoms with Crippen molar-refractivity contribution < 1.29 is 8.78 Å². The number of hydrogen-bond donors (Lipinski definition) is 0. The summed E-state index contributed by atoms with van der Waals surface area (Å²) >= 11 is 0. The van der Waals surface area contributed by atoms with Gasteiger partial charge >= 0.3 is 0 Å². The van der Waals surface area contributed by atoms with Crippen LogP contribution in [0, 0.1) is 11.8 Å². The number of pyridine rings is 1. The molecule has 1 rings (SSSR count). The fraction of sp³-hybridized carbons (Fsp3) is 0.545. The van der Waals surface area contributed by atoms with Gasteiger partial charge in [-0.25, -0.2) is 9.37 Å². The second-order valence-corrected chi connectivity index (χ2v) is 8.98. The van der Waals surface area contributed by atoms with Gasteiger partial charge in [-0.1, -0.05) is 38.9 Å². The molecule has 0 aliphatic rings. The molecule has 0 atom stereocenters. The van der Waals surface area contributed by atoms with Crippen LogP contribution in [0.3, 0.4) is 0 Å². The van der Waals surface area contributed by atoms with Crippen molar-refractivity contribution in [1.82, 2.24) is 4.98 Å². The lowest BCUT2D eigenvalue weighted by Gasteiger charge is -2.28. The first-order valence-corrected chi connectivity index (χ1v) is 8.04. The summed E-state index contributed by atoms with van der Waals surface area (Å²) in [6.07, 6.45) is 1.19. The zero-order valence-electron chi connectivity index (χ0n) is 9.48. The third-order valence-corrected chi connectivity index (χ3v) is 8.98. The van der Waals surface area contributed by atoms with Crippen molar-refractivity contribution >= 4 is 13.3 Å². The first-order valence-electron chi connectivity index (χ1n) is 5.41. The maximum atomic E-state index is 13.7. The summed E-state index contributed by atoms with van der Waals surface area (Å²) in [5.74, 6) is -1.02. The summed E-state index contributed by atoms with van der Waals surface area (Å²) in [6.45, 7) is 6.06. The van der Waals surface area contributed by atoms with E-state index in [0.29, 0.717) is 0 Å². The van der Waals surface area contributed by atoms with Crippen molar-refractivity contribution in [3.05, 3.63) is 24.0 Å². The summed E-state index contributed by atoms with van der Waals surface area (Å²) < 4.78 is 27.3. The molecule has 1 aromatic heterocycles. The maximum Gasteiger partial charge on any atom is 0.214 e. The largest absolute Gasteiger partial charge is 0.228 e. The SMILES string of the molecule is CC[Si](CC)(CC)c1c(F)ccnc1F. The van der Waals surface area contributed by atoms with E-state index in [-0.39, 0.29) is 5.19 Å². The van der Waals surface area contributed by atoms with Crippen LogP contribution in [0.1, 0.15) is 20.8 Å². The lowest BCUT2D eigenvalue weighted by atomic mass is 10.5. The summed E-state index contributed by atoms with van der Waals surface area (Å²) in [7, 11) is -2.00. The van der Waals surface area contributed by atoms with Gasteiger partial charge in [0.25, 0.3) is 0 Å². The molecule has 0 aliphatic heterocycles. The molecule has 0 saturated carbocycles. The first-order chi connectivity index (χ1) is 7.11. The van der Waals surface area contributed by atoms with Gasteiger partial charge in [0.1, 0.15) is 5.82 Å². The minimum atomic E-state index is -2.00. The van der Waals surface area contributed by atoms with Crippen molar-refractivity contribution in [2.24, 2.45) is 0 Å². The minimum absolute atomic E-state index is 0.289. The second kappa shape index (κ2) is 4.83. The standard InChI is InChI=1S/C11H17F2NSi/c1-4-15(5-2,6-3)10-9(12)7-8-14-11(10)13/h7-8H,4-6H2,1-3H3. The van der Waals surface area contributed by atoms with Crippen LogP contribution in [-0.4, -0.2) is 13.1 Å². The Bertz CT molecular complexity index is 309. The molecule has 0 aliphatic carbocycles. The third kappa shape index (κ3) is 2.09. The Morgan fingerprint density at radius 2 is 1.67 bits per heavy atom. The molecule has 0 saturated heterocycles. The van der Waals surface area contributed by atoms with E-state index in [1.54, 1.807) is 0 Å². The van der Waals surface area contributed by atoms with E-state index >= 15 is 0 Å². The molecule has 1 heterocycles. The highest BCUT2D eigenvalue weighted by Gasteiger charge is 2.35. The van der Waals surface area contributed by atoms with Crippen LogP contribution < -0.4 is 5.19 Å². The molecule has 4 heteroatoms. The van der Waals surface area contributed by atoms with E-state index in [9.17, 15) is 8.78 Å². The van der Waals surface area contributed by atoms with Gasteiger partial charge in [0, 0.05) is 11.4 Å². The third-order valence-electron chi connectivity index (χ3n) is 3.41. The second-order valence-electron chi connectivity index (χ2n) is 3.80. The van der Waals surface area contributed by atoms with Crippen LogP contribution in [0.2, 0.25) is 18.1 Å². The minimum Gasteiger partial charge on any atom is -0.228 e. The van der Waals surface area contributed by atoms with Crippen LogP contribution in [-0.2, 0) is 0 Å². The Balaban J connectivity index is 3.34. The predicted molar refractivity (Wildman–Crippen MR) is 61.0 cm³/mol. The van der Waals surface area contributed by atoms with Crippen molar-refractivity contribution in [2.75, 3.05) is 0 Å². The lowest BCUT2D eigenvalue weighted by Crippen LogP contribution is -2.49. The molecule has 1 aromatic rings. The summed E-state index contributed by atoms with van der Waals surface area (Å²) in [4.78, 5) is 3.58. The molecule has 0 spiro atoms. The number of hydrogen-bond acceptors (Lipinski definition) is 1. The number of aromatic nitrogens is 1. The normalized spacial score (nSPS) is 11.8. The smallest absolute Gasteiger partial charge is 0.214 e. The van der Waals surface area contributed by atoms with Gasteiger partial charge in [0.2, 0.25) is 5.95 Å². The van der Waals surface area contributed by atoms with Gasteiger partial charge < -0.3 is 0 Å². The van der Waals surface area contributed by atoms with Crippen molar-refractivity contribution in [1.29, 1.82) is 0 Å². The molecule has 0 N–H and O–H groups in total. The zero-order chi connectivity index (χ0) is 11.5. The number of nitrogens with zero attached hydrogens (tertiary/aromatic N) is 1. The quantitative estimate of drug-likeness (QED) is 0.571. The van der Waals surface area contributed by atoms with Crippen molar-refractivity contribution in [2.45, 2.75) is 38.9 Å². The molecule has 84 valence electrons. The van der Waals surface area contributed by atoms with Crippen LogP contribution in [0.4, 0.5) is 8.78 Å². The Hall–Kier alpha value is -0.773. The highest BCUT2D eigenvalue weighted by atomic mass is 28.3. The summed E-state index contributed by atoms with van der Waals surface area (Å²) in [5.41, 5.74) is 0. The Morgan fingerprint density at radius 1 is 1.13 bits per heavy atom. The van der Waals surface area contributed by atoms with Crippen LogP contribution in [0.15, 0.2) is 12.3 Å². The lowest BCUT2D eigenvalue weighted by molar-refractivity contribution is 0.563. The fourth-order valence-electron chi connectivity index (χ4n) is 2.17.